The average Bonchev–Trinajstić information content (AvgIpc) is 2.07. The van der Waals surface area contributed by atoms with Gasteiger partial charge in [-0.05, 0) is 12.8 Å². The van der Waals surface area contributed by atoms with E-state index < -0.39 is 10.1 Å². The number of hydrogen-bond donors (Lipinski definition) is 2. The van der Waals surface area contributed by atoms with Crippen molar-refractivity contribution in [3.05, 3.63) is 0 Å². The van der Waals surface area contributed by atoms with Crippen LogP contribution in [0.4, 0.5) is 0 Å². The zero-order chi connectivity index (χ0) is 11.0. The number of nitrogens with one attached hydrogen (secondary N) is 1. The molecule has 0 atom stereocenters. The predicted molar refractivity (Wildman–Crippen MR) is 53.6 cm³/mol. The van der Waals surface area contributed by atoms with Gasteiger partial charge in [-0.3, -0.25) is 9.35 Å². The van der Waals surface area contributed by atoms with Crippen LogP contribution in [0.1, 0.15) is 32.6 Å². The fraction of sp³-hybridized carbons (Fsp3) is 0.875. The van der Waals surface area contributed by atoms with Crippen LogP contribution in [0.25, 0.3) is 0 Å². The van der Waals surface area contributed by atoms with Crippen LogP contribution in [0.5, 0.6) is 0 Å². The normalized spacial score (nSPS) is 11.3. The number of amides is 1. The second-order valence-electron chi connectivity index (χ2n) is 3.09. The maximum atomic E-state index is 11.0. The molecule has 84 valence electrons. The Kier molecular flexibility index (Phi) is 6.48. The highest BCUT2D eigenvalue weighted by atomic mass is 32.2. The molecule has 2 N–H and O–H groups in total. The van der Waals surface area contributed by atoms with Gasteiger partial charge in [0.15, 0.2) is 0 Å². The minimum atomic E-state index is -3.89. The molecule has 0 aliphatic rings. The molecule has 0 aromatic carbocycles. The molecule has 0 saturated heterocycles. The van der Waals surface area contributed by atoms with E-state index >= 15 is 0 Å². The van der Waals surface area contributed by atoms with Crippen LogP contribution >= 0.6 is 0 Å². The summed E-state index contributed by atoms with van der Waals surface area (Å²) in [4.78, 5) is 11.0. The van der Waals surface area contributed by atoms with Crippen molar-refractivity contribution in [1.29, 1.82) is 0 Å². The van der Waals surface area contributed by atoms with Crippen LogP contribution in [-0.4, -0.2) is 31.2 Å². The van der Waals surface area contributed by atoms with Gasteiger partial charge in [-0.25, -0.2) is 0 Å². The van der Waals surface area contributed by atoms with Gasteiger partial charge < -0.3 is 5.32 Å². The van der Waals surface area contributed by atoms with Crippen LogP contribution in [-0.2, 0) is 14.9 Å². The van der Waals surface area contributed by atoms with Crippen molar-refractivity contribution in [3.8, 4) is 0 Å². The number of carbonyl (C=O) groups excluding carboxylic acids is 1. The van der Waals surface area contributed by atoms with E-state index in [9.17, 15) is 13.2 Å². The zero-order valence-electron chi connectivity index (χ0n) is 8.32. The Bertz CT molecular complexity index is 261. The molecule has 6 heteroatoms. The lowest BCUT2D eigenvalue weighted by Gasteiger charge is -2.03. The maximum Gasteiger partial charge on any atom is 0.264 e. The third-order valence-corrected chi connectivity index (χ3v) is 2.46. The SMILES string of the molecule is CCCCC(=O)NCCCS(=O)(=O)O. The molecule has 0 heterocycles. The van der Waals surface area contributed by atoms with E-state index in [4.69, 9.17) is 4.55 Å². The van der Waals surface area contributed by atoms with Crippen LogP contribution < -0.4 is 5.32 Å². The lowest BCUT2D eigenvalue weighted by molar-refractivity contribution is -0.121. The monoisotopic (exact) mass is 223 g/mol. The topological polar surface area (TPSA) is 83.5 Å². The van der Waals surface area contributed by atoms with Crippen LogP contribution in [0.2, 0.25) is 0 Å². The Balaban J connectivity index is 3.41. The first-order chi connectivity index (χ1) is 6.45. The van der Waals surface area contributed by atoms with Crippen LogP contribution in [0.3, 0.4) is 0 Å². The maximum absolute atomic E-state index is 11.0. The quantitative estimate of drug-likeness (QED) is 0.488. The largest absolute Gasteiger partial charge is 0.356 e. The van der Waals surface area contributed by atoms with E-state index in [2.05, 4.69) is 5.32 Å². The molecule has 0 unspecified atom stereocenters. The summed E-state index contributed by atoms with van der Waals surface area (Å²) >= 11 is 0. The second-order valence-corrected chi connectivity index (χ2v) is 4.67. The van der Waals surface area contributed by atoms with Crippen molar-refractivity contribution in [1.82, 2.24) is 5.32 Å². The van der Waals surface area contributed by atoms with Crippen molar-refractivity contribution < 1.29 is 17.8 Å². The van der Waals surface area contributed by atoms with Gasteiger partial charge in [-0.15, -0.1) is 0 Å². The van der Waals surface area contributed by atoms with Gasteiger partial charge in [0.1, 0.15) is 0 Å². The number of carbonyl (C=O) groups is 1. The minimum Gasteiger partial charge on any atom is -0.356 e. The molecule has 0 aliphatic heterocycles. The van der Waals surface area contributed by atoms with Gasteiger partial charge in [0.05, 0.1) is 5.75 Å². The highest BCUT2D eigenvalue weighted by molar-refractivity contribution is 7.85. The van der Waals surface area contributed by atoms with Crippen molar-refractivity contribution >= 4 is 16.0 Å². The molecule has 1 amide bonds. The molecule has 0 radical (unpaired) electrons. The second kappa shape index (κ2) is 6.78. The van der Waals surface area contributed by atoms with E-state index in [1.54, 1.807) is 0 Å². The number of hydrogen-bond acceptors (Lipinski definition) is 3. The molecule has 5 nitrogen and oxygen atoms in total. The summed E-state index contributed by atoms with van der Waals surface area (Å²) in [5.74, 6) is -0.372. The summed E-state index contributed by atoms with van der Waals surface area (Å²) in [6.45, 7) is 2.29. The molecular formula is C8H17NO4S. The first-order valence-electron chi connectivity index (χ1n) is 4.67. The number of unbranched alkanes of at least 4 members (excludes halogenated alkanes) is 1. The summed E-state index contributed by atoms with van der Waals surface area (Å²) in [6.07, 6.45) is 2.52. The Morgan fingerprint density at radius 2 is 2.00 bits per heavy atom. The van der Waals surface area contributed by atoms with Crippen molar-refractivity contribution in [3.63, 3.8) is 0 Å². The van der Waals surface area contributed by atoms with Crippen molar-refractivity contribution in [2.45, 2.75) is 32.6 Å². The molecule has 0 rings (SSSR count). The minimum absolute atomic E-state index is 0.0674. The third-order valence-electron chi connectivity index (χ3n) is 1.66. The molecule has 0 saturated carbocycles. The summed E-state index contributed by atoms with van der Waals surface area (Å²) in [5.41, 5.74) is 0. The Morgan fingerprint density at radius 3 is 2.50 bits per heavy atom. The number of rotatable bonds is 7. The van der Waals surface area contributed by atoms with E-state index in [1.807, 2.05) is 6.92 Å². The molecule has 14 heavy (non-hydrogen) atoms. The fourth-order valence-corrected chi connectivity index (χ4v) is 1.42. The summed E-state index contributed by atoms with van der Waals surface area (Å²) in [5, 5.41) is 2.58. The summed E-state index contributed by atoms with van der Waals surface area (Å²) in [7, 11) is -3.89. The van der Waals surface area contributed by atoms with Gasteiger partial charge in [0, 0.05) is 13.0 Å². The highest BCUT2D eigenvalue weighted by Gasteiger charge is 2.04. The zero-order valence-corrected chi connectivity index (χ0v) is 9.14. The highest BCUT2D eigenvalue weighted by Crippen LogP contribution is 1.93. The molecule has 0 aliphatic carbocycles. The predicted octanol–water partition coefficient (Wildman–Crippen LogP) is 0.571. The van der Waals surface area contributed by atoms with Gasteiger partial charge in [-0.2, -0.15) is 8.42 Å². The van der Waals surface area contributed by atoms with Crippen LogP contribution in [0.15, 0.2) is 0 Å². The van der Waals surface area contributed by atoms with Crippen molar-refractivity contribution in [2.75, 3.05) is 12.3 Å². The molecule has 0 aromatic rings. The summed E-state index contributed by atoms with van der Waals surface area (Å²) < 4.78 is 29.0. The molecule has 0 aromatic heterocycles. The molecule has 0 bridgehead atoms. The molecule has 0 fully saturated rings. The first-order valence-corrected chi connectivity index (χ1v) is 6.28. The Labute approximate surface area is 84.6 Å². The Morgan fingerprint density at radius 1 is 1.36 bits per heavy atom. The third kappa shape index (κ3) is 9.47. The van der Waals surface area contributed by atoms with Crippen LogP contribution in [0, 0.1) is 0 Å². The van der Waals surface area contributed by atoms with E-state index in [0.717, 1.165) is 12.8 Å². The first kappa shape index (κ1) is 13.4. The van der Waals surface area contributed by atoms with E-state index in [-0.39, 0.29) is 18.1 Å². The Hall–Kier alpha value is -0.620. The van der Waals surface area contributed by atoms with E-state index in [0.29, 0.717) is 13.0 Å². The molecule has 0 spiro atoms. The lowest BCUT2D eigenvalue weighted by atomic mass is 10.2. The van der Waals surface area contributed by atoms with E-state index in [1.165, 1.54) is 0 Å². The average molecular weight is 223 g/mol. The smallest absolute Gasteiger partial charge is 0.264 e. The lowest BCUT2D eigenvalue weighted by Crippen LogP contribution is -2.25. The fourth-order valence-electron chi connectivity index (χ4n) is 0.908. The van der Waals surface area contributed by atoms with Gasteiger partial charge >= 0.3 is 0 Å². The van der Waals surface area contributed by atoms with Gasteiger partial charge in [0.2, 0.25) is 5.91 Å². The molecular weight excluding hydrogens is 206 g/mol. The van der Waals surface area contributed by atoms with Gasteiger partial charge in [-0.1, -0.05) is 13.3 Å². The van der Waals surface area contributed by atoms with Gasteiger partial charge in [0.25, 0.3) is 10.1 Å². The summed E-state index contributed by atoms with van der Waals surface area (Å²) in [6, 6.07) is 0. The standard InChI is InChI=1S/C8H17NO4S/c1-2-3-5-8(10)9-6-4-7-14(11,12)13/h2-7H2,1H3,(H,9,10)(H,11,12,13). The van der Waals surface area contributed by atoms with Crippen molar-refractivity contribution in [2.24, 2.45) is 0 Å².